The van der Waals surface area contributed by atoms with Gasteiger partial charge in [0.1, 0.15) is 12.4 Å². The summed E-state index contributed by atoms with van der Waals surface area (Å²) in [5, 5.41) is 14.6. The van der Waals surface area contributed by atoms with Crippen molar-refractivity contribution in [1.82, 2.24) is 9.78 Å². The molecule has 1 aromatic heterocycles. The molecule has 1 unspecified atom stereocenters. The first-order valence-corrected chi connectivity index (χ1v) is 5.48. The molecule has 0 radical (unpaired) electrons. The van der Waals surface area contributed by atoms with E-state index in [0.29, 0.717) is 6.61 Å². The van der Waals surface area contributed by atoms with Crippen LogP contribution in [0.5, 0.6) is 0 Å². The summed E-state index contributed by atoms with van der Waals surface area (Å²) < 4.78 is 7.24. The van der Waals surface area contributed by atoms with Gasteiger partial charge in [-0.1, -0.05) is 0 Å². The molecule has 0 aliphatic carbocycles. The molecule has 0 saturated carbocycles. The monoisotopic (exact) mass is 275 g/mol. The molecular weight excluding hydrogens is 266 g/mol. The molecule has 0 spiro atoms. The Morgan fingerprint density at radius 1 is 1.67 bits per heavy atom. The average Bonchev–Trinajstić information content (AvgIpc) is 2.62. The minimum Gasteiger partial charge on any atom is -0.357 e. The van der Waals surface area contributed by atoms with E-state index in [1.54, 1.807) is 0 Å². The third-order valence-corrected chi connectivity index (χ3v) is 2.88. The van der Waals surface area contributed by atoms with Crippen molar-refractivity contribution in [2.75, 3.05) is 6.61 Å². The standard InChI is InChI=1S/C8H10BrN3O3/c9-8-6(12(13)14)5-11(10-8)7-3-1-2-4-15-7/h5,7H,1-4H2. The summed E-state index contributed by atoms with van der Waals surface area (Å²) in [6, 6.07) is 0. The molecule has 1 aromatic rings. The van der Waals surface area contributed by atoms with Gasteiger partial charge in [-0.2, -0.15) is 5.10 Å². The van der Waals surface area contributed by atoms with Crippen LogP contribution in [0.15, 0.2) is 10.8 Å². The largest absolute Gasteiger partial charge is 0.357 e. The summed E-state index contributed by atoms with van der Waals surface area (Å²) in [6.45, 7) is 0.690. The molecule has 2 heterocycles. The van der Waals surface area contributed by atoms with Crippen LogP contribution < -0.4 is 0 Å². The maximum Gasteiger partial charge on any atom is 0.321 e. The average molecular weight is 276 g/mol. The van der Waals surface area contributed by atoms with Crippen molar-refractivity contribution in [1.29, 1.82) is 0 Å². The number of nitrogens with zero attached hydrogens (tertiary/aromatic N) is 3. The van der Waals surface area contributed by atoms with Crippen LogP contribution in [0.3, 0.4) is 0 Å². The Morgan fingerprint density at radius 2 is 2.47 bits per heavy atom. The number of aromatic nitrogens is 2. The smallest absolute Gasteiger partial charge is 0.321 e. The van der Waals surface area contributed by atoms with Crippen LogP contribution in [0, 0.1) is 10.1 Å². The number of halogens is 1. The van der Waals surface area contributed by atoms with Crippen LogP contribution >= 0.6 is 15.9 Å². The first-order valence-electron chi connectivity index (χ1n) is 4.69. The maximum absolute atomic E-state index is 10.6. The predicted molar refractivity (Wildman–Crippen MR) is 55.4 cm³/mol. The van der Waals surface area contributed by atoms with Gasteiger partial charge >= 0.3 is 5.69 Å². The highest BCUT2D eigenvalue weighted by Gasteiger charge is 2.23. The van der Waals surface area contributed by atoms with Crippen LogP contribution in [0.25, 0.3) is 0 Å². The third-order valence-electron chi connectivity index (χ3n) is 2.32. The minimum absolute atomic E-state index is 0.0239. The lowest BCUT2D eigenvalue weighted by atomic mass is 10.2. The first-order chi connectivity index (χ1) is 7.18. The molecule has 15 heavy (non-hydrogen) atoms. The van der Waals surface area contributed by atoms with E-state index >= 15 is 0 Å². The molecule has 7 heteroatoms. The van der Waals surface area contributed by atoms with E-state index in [0.717, 1.165) is 19.3 Å². The van der Waals surface area contributed by atoms with E-state index in [9.17, 15) is 10.1 Å². The Bertz CT molecular complexity index is 373. The van der Waals surface area contributed by atoms with Crippen molar-refractivity contribution in [3.8, 4) is 0 Å². The van der Waals surface area contributed by atoms with Gasteiger partial charge in [0.05, 0.1) is 4.92 Å². The van der Waals surface area contributed by atoms with Crippen LogP contribution in [0.4, 0.5) is 5.69 Å². The number of rotatable bonds is 2. The van der Waals surface area contributed by atoms with Crippen molar-refractivity contribution in [2.45, 2.75) is 25.5 Å². The van der Waals surface area contributed by atoms with Crippen molar-refractivity contribution >= 4 is 21.6 Å². The lowest BCUT2D eigenvalue weighted by Gasteiger charge is -2.22. The molecule has 1 fully saturated rings. The molecule has 6 nitrogen and oxygen atoms in total. The molecule has 1 aliphatic rings. The van der Waals surface area contributed by atoms with E-state index in [-0.39, 0.29) is 16.5 Å². The first kappa shape index (κ1) is 10.6. The second kappa shape index (κ2) is 4.28. The zero-order valence-electron chi connectivity index (χ0n) is 7.93. The Morgan fingerprint density at radius 3 is 3.00 bits per heavy atom. The zero-order valence-corrected chi connectivity index (χ0v) is 9.51. The SMILES string of the molecule is O=[N+]([O-])c1cn(C2CCCCO2)nc1Br. The summed E-state index contributed by atoms with van der Waals surface area (Å²) >= 11 is 3.06. The Kier molecular flexibility index (Phi) is 3.01. The van der Waals surface area contributed by atoms with Gasteiger partial charge in [0.15, 0.2) is 0 Å². The highest BCUT2D eigenvalue weighted by Crippen LogP contribution is 2.28. The van der Waals surface area contributed by atoms with E-state index in [4.69, 9.17) is 4.74 Å². The summed E-state index contributed by atoms with van der Waals surface area (Å²) in [6.07, 6.45) is 4.20. The predicted octanol–water partition coefficient (Wildman–Crippen LogP) is 2.25. The third kappa shape index (κ3) is 2.18. The molecule has 0 bridgehead atoms. The fourth-order valence-electron chi connectivity index (χ4n) is 1.56. The van der Waals surface area contributed by atoms with Gasteiger partial charge in [0.25, 0.3) is 0 Å². The van der Waals surface area contributed by atoms with Gasteiger partial charge < -0.3 is 4.74 Å². The maximum atomic E-state index is 10.6. The van der Waals surface area contributed by atoms with Crippen molar-refractivity contribution in [3.63, 3.8) is 0 Å². The van der Waals surface area contributed by atoms with Crippen LogP contribution in [0.2, 0.25) is 0 Å². The van der Waals surface area contributed by atoms with E-state index in [1.165, 1.54) is 10.9 Å². The molecule has 0 aromatic carbocycles. The summed E-state index contributed by atoms with van der Waals surface area (Å²) in [7, 11) is 0. The quantitative estimate of drug-likeness (QED) is 0.613. The Labute approximate surface area is 94.5 Å². The van der Waals surface area contributed by atoms with E-state index in [1.807, 2.05) is 0 Å². The van der Waals surface area contributed by atoms with Crippen LogP contribution in [-0.4, -0.2) is 21.3 Å². The topological polar surface area (TPSA) is 70.2 Å². The Balaban J connectivity index is 2.21. The van der Waals surface area contributed by atoms with E-state index < -0.39 is 4.92 Å². The van der Waals surface area contributed by atoms with Gasteiger partial charge in [0.2, 0.25) is 4.60 Å². The summed E-state index contributed by atoms with van der Waals surface area (Å²) in [4.78, 5) is 10.1. The zero-order chi connectivity index (χ0) is 10.8. The number of ether oxygens (including phenoxy) is 1. The fourth-order valence-corrected chi connectivity index (χ4v) is 1.99. The highest BCUT2D eigenvalue weighted by atomic mass is 79.9. The van der Waals surface area contributed by atoms with Crippen molar-refractivity contribution < 1.29 is 9.66 Å². The summed E-state index contributed by atoms with van der Waals surface area (Å²) in [5.74, 6) is 0. The number of hydrogen-bond donors (Lipinski definition) is 0. The molecular formula is C8H10BrN3O3. The molecule has 0 N–H and O–H groups in total. The minimum atomic E-state index is -0.462. The Hall–Kier alpha value is -0.950. The van der Waals surface area contributed by atoms with Crippen molar-refractivity contribution in [2.24, 2.45) is 0 Å². The van der Waals surface area contributed by atoms with Gasteiger partial charge in [0, 0.05) is 6.61 Å². The number of hydrogen-bond acceptors (Lipinski definition) is 4. The van der Waals surface area contributed by atoms with Crippen LogP contribution in [0.1, 0.15) is 25.5 Å². The number of nitro groups is 1. The normalized spacial score (nSPS) is 21.5. The molecule has 0 amide bonds. The molecule has 1 aliphatic heterocycles. The molecule has 1 saturated heterocycles. The highest BCUT2D eigenvalue weighted by molar-refractivity contribution is 9.10. The van der Waals surface area contributed by atoms with Gasteiger partial charge in [-0.05, 0) is 35.2 Å². The van der Waals surface area contributed by atoms with Gasteiger partial charge in [-0.3, -0.25) is 10.1 Å². The van der Waals surface area contributed by atoms with Crippen LogP contribution in [-0.2, 0) is 4.74 Å². The molecule has 1 atom stereocenters. The fraction of sp³-hybridized carbons (Fsp3) is 0.625. The van der Waals surface area contributed by atoms with Crippen molar-refractivity contribution in [3.05, 3.63) is 20.9 Å². The summed E-state index contributed by atoms with van der Waals surface area (Å²) in [5.41, 5.74) is -0.0239. The molecule has 2 rings (SSSR count). The van der Waals surface area contributed by atoms with E-state index in [2.05, 4.69) is 21.0 Å². The lowest BCUT2D eigenvalue weighted by molar-refractivity contribution is -0.385. The van der Waals surface area contributed by atoms with Gasteiger partial charge in [-0.25, -0.2) is 4.68 Å². The van der Waals surface area contributed by atoms with Gasteiger partial charge in [-0.15, -0.1) is 0 Å². The molecule has 82 valence electrons. The second-order valence-corrected chi connectivity index (χ2v) is 4.11. The lowest BCUT2D eigenvalue weighted by Crippen LogP contribution is -2.18. The second-order valence-electron chi connectivity index (χ2n) is 3.36.